The highest BCUT2D eigenvalue weighted by Gasteiger charge is 2.31. The molecule has 0 spiro atoms. The summed E-state index contributed by atoms with van der Waals surface area (Å²) in [6.07, 6.45) is -3.52. The van der Waals surface area contributed by atoms with E-state index in [-0.39, 0.29) is 11.3 Å². The number of hydrogen-bond donors (Lipinski definition) is 0. The molecule has 4 nitrogen and oxygen atoms in total. The highest BCUT2D eigenvalue weighted by atomic mass is 19.4. The molecule has 3 aromatic rings. The Morgan fingerprint density at radius 1 is 1.00 bits per heavy atom. The van der Waals surface area contributed by atoms with Crippen LogP contribution in [0.5, 0.6) is 11.5 Å². The molecule has 1 aromatic heterocycles. The van der Waals surface area contributed by atoms with E-state index < -0.39 is 12.0 Å². The predicted octanol–water partition coefficient (Wildman–Crippen LogP) is 4.88. The van der Waals surface area contributed by atoms with Crippen molar-refractivity contribution in [2.45, 2.75) is 6.36 Å². The number of ether oxygens (including phenoxy) is 2. The summed E-state index contributed by atoms with van der Waals surface area (Å²) >= 11 is 0. The minimum atomic E-state index is -4.77. The van der Waals surface area contributed by atoms with Crippen molar-refractivity contribution in [2.75, 3.05) is 0 Å². The van der Waals surface area contributed by atoms with Crippen molar-refractivity contribution in [2.24, 2.45) is 0 Å². The van der Waals surface area contributed by atoms with Crippen LogP contribution in [0.1, 0.15) is 0 Å². The highest BCUT2D eigenvalue weighted by molar-refractivity contribution is 5.82. The van der Waals surface area contributed by atoms with E-state index >= 15 is 0 Å². The molecular formula is C18H11F3O4. The smallest absolute Gasteiger partial charge is 0.465 e. The van der Waals surface area contributed by atoms with Gasteiger partial charge in [0.05, 0.1) is 11.8 Å². The van der Waals surface area contributed by atoms with Gasteiger partial charge in [-0.05, 0) is 35.9 Å². The lowest BCUT2D eigenvalue weighted by molar-refractivity contribution is -0.274. The molecule has 0 atom stereocenters. The van der Waals surface area contributed by atoms with Crippen molar-refractivity contribution >= 4 is 11.0 Å². The fourth-order valence-corrected chi connectivity index (χ4v) is 2.30. The van der Waals surface area contributed by atoms with Gasteiger partial charge < -0.3 is 13.9 Å². The average Bonchev–Trinajstić information content (AvgIpc) is 2.54. The Balaban J connectivity index is 1.98. The zero-order valence-corrected chi connectivity index (χ0v) is 12.7. The largest absolute Gasteiger partial charge is 0.573 e. The summed E-state index contributed by atoms with van der Waals surface area (Å²) in [4.78, 5) is 12.2. The molecule has 2 aromatic carbocycles. The van der Waals surface area contributed by atoms with E-state index in [1.807, 2.05) is 0 Å². The Morgan fingerprint density at radius 3 is 2.32 bits per heavy atom. The second-order valence-corrected chi connectivity index (χ2v) is 5.00. The van der Waals surface area contributed by atoms with Crippen LogP contribution in [0.2, 0.25) is 0 Å². The van der Waals surface area contributed by atoms with Crippen molar-refractivity contribution in [1.82, 2.24) is 0 Å². The van der Waals surface area contributed by atoms with Gasteiger partial charge in [0.25, 0.3) is 0 Å². The van der Waals surface area contributed by atoms with Crippen molar-refractivity contribution in [3.8, 4) is 22.6 Å². The Bertz CT molecular complexity index is 972. The maximum atomic E-state index is 12.2. The first-order chi connectivity index (χ1) is 11.9. The summed E-state index contributed by atoms with van der Waals surface area (Å²) in [6, 6.07) is 11.5. The maximum Gasteiger partial charge on any atom is 0.573 e. The van der Waals surface area contributed by atoms with E-state index in [4.69, 9.17) is 9.15 Å². The summed E-state index contributed by atoms with van der Waals surface area (Å²) in [5.41, 5.74) is 0.345. The number of rotatable bonds is 4. The van der Waals surface area contributed by atoms with Gasteiger partial charge in [-0.2, -0.15) is 0 Å². The summed E-state index contributed by atoms with van der Waals surface area (Å²) < 4.78 is 50.7. The summed E-state index contributed by atoms with van der Waals surface area (Å²) in [5.74, 6) is 0.0969. The topological polar surface area (TPSA) is 48.7 Å². The van der Waals surface area contributed by atoms with Crippen LogP contribution < -0.4 is 15.1 Å². The van der Waals surface area contributed by atoms with Crippen LogP contribution in [0.15, 0.2) is 70.6 Å². The molecule has 7 heteroatoms. The lowest BCUT2D eigenvalue weighted by Crippen LogP contribution is -2.17. The average molecular weight is 348 g/mol. The van der Waals surface area contributed by atoms with Crippen molar-refractivity contribution in [3.05, 3.63) is 71.8 Å². The van der Waals surface area contributed by atoms with Crippen LogP contribution in [0.3, 0.4) is 0 Å². The number of fused-ring (bicyclic) bond motifs is 1. The van der Waals surface area contributed by atoms with Gasteiger partial charge in [-0.1, -0.05) is 18.7 Å². The first kappa shape index (κ1) is 16.6. The number of hydrogen-bond acceptors (Lipinski definition) is 4. The molecule has 0 saturated carbocycles. The van der Waals surface area contributed by atoms with E-state index in [0.717, 1.165) is 12.1 Å². The van der Waals surface area contributed by atoms with Gasteiger partial charge in [0.1, 0.15) is 17.1 Å². The number of alkyl halides is 3. The van der Waals surface area contributed by atoms with Gasteiger partial charge in [0.2, 0.25) is 0 Å². The summed E-state index contributed by atoms with van der Waals surface area (Å²) in [7, 11) is 0. The van der Waals surface area contributed by atoms with Gasteiger partial charge in [-0.3, -0.25) is 0 Å². The zero-order chi connectivity index (χ0) is 18.0. The molecule has 3 rings (SSSR count). The fraction of sp³-hybridized carbons (Fsp3) is 0.0556. The first-order valence-electron chi connectivity index (χ1n) is 7.07. The molecule has 0 N–H and O–H groups in total. The van der Waals surface area contributed by atoms with Gasteiger partial charge >= 0.3 is 12.0 Å². The standard InChI is InChI=1S/C18H11F3O4/c1-2-23-14-8-5-12-9-15(17(22)24-16(12)10-14)11-3-6-13(7-4-11)25-18(19,20)21/h2-10H,1H2. The highest BCUT2D eigenvalue weighted by Crippen LogP contribution is 2.27. The Hall–Kier alpha value is -3.22. The molecule has 25 heavy (non-hydrogen) atoms. The minimum Gasteiger partial charge on any atom is -0.465 e. The minimum absolute atomic E-state index is 0.225. The third-order valence-corrected chi connectivity index (χ3v) is 3.33. The third-order valence-electron chi connectivity index (χ3n) is 3.33. The quantitative estimate of drug-likeness (QED) is 0.498. The molecule has 0 amide bonds. The molecule has 128 valence electrons. The third kappa shape index (κ3) is 3.82. The van der Waals surface area contributed by atoms with E-state index in [1.165, 1.54) is 18.4 Å². The molecule has 0 saturated heterocycles. The van der Waals surface area contributed by atoms with Crippen LogP contribution in [0.4, 0.5) is 13.2 Å². The van der Waals surface area contributed by atoms with Crippen LogP contribution >= 0.6 is 0 Å². The van der Waals surface area contributed by atoms with Crippen LogP contribution in [-0.4, -0.2) is 6.36 Å². The summed E-state index contributed by atoms with van der Waals surface area (Å²) in [5, 5.41) is 0.640. The fourth-order valence-electron chi connectivity index (χ4n) is 2.30. The molecule has 1 heterocycles. The molecule has 0 aliphatic rings. The van der Waals surface area contributed by atoms with Gasteiger partial charge in [0.15, 0.2) is 0 Å². The van der Waals surface area contributed by atoms with E-state index in [1.54, 1.807) is 24.3 Å². The molecule has 0 aliphatic heterocycles. The zero-order valence-electron chi connectivity index (χ0n) is 12.7. The normalized spacial score (nSPS) is 11.3. The predicted molar refractivity (Wildman–Crippen MR) is 85.4 cm³/mol. The Labute approximate surface area is 139 Å². The molecule has 0 bridgehead atoms. The van der Waals surface area contributed by atoms with Crippen LogP contribution in [0, 0.1) is 0 Å². The summed E-state index contributed by atoms with van der Waals surface area (Å²) in [6.45, 7) is 3.44. The van der Waals surface area contributed by atoms with Crippen molar-refractivity contribution in [1.29, 1.82) is 0 Å². The molecule has 0 unspecified atom stereocenters. The Morgan fingerprint density at radius 2 is 1.68 bits per heavy atom. The van der Waals surface area contributed by atoms with Gasteiger partial charge in [-0.15, -0.1) is 13.2 Å². The lowest BCUT2D eigenvalue weighted by atomic mass is 10.1. The van der Waals surface area contributed by atoms with Gasteiger partial charge in [0, 0.05) is 11.5 Å². The number of halogens is 3. The maximum absolute atomic E-state index is 12.2. The Kier molecular flexibility index (Phi) is 4.22. The molecule has 0 radical (unpaired) electrons. The first-order valence-corrected chi connectivity index (χ1v) is 7.07. The molecule has 0 aliphatic carbocycles. The van der Waals surface area contributed by atoms with Crippen molar-refractivity contribution < 1.29 is 27.1 Å². The lowest BCUT2D eigenvalue weighted by Gasteiger charge is -2.09. The molecule has 0 fully saturated rings. The monoisotopic (exact) mass is 348 g/mol. The second kappa shape index (κ2) is 6.35. The SMILES string of the molecule is C=COc1ccc2cc(-c3ccc(OC(F)(F)F)cc3)c(=O)oc2c1. The van der Waals surface area contributed by atoms with Crippen LogP contribution in [-0.2, 0) is 0 Å². The second-order valence-electron chi connectivity index (χ2n) is 5.00. The van der Waals surface area contributed by atoms with Crippen molar-refractivity contribution in [3.63, 3.8) is 0 Å². The van der Waals surface area contributed by atoms with E-state index in [0.29, 0.717) is 22.3 Å². The molecular weight excluding hydrogens is 337 g/mol. The van der Waals surface area contributed by atoms with E-state index in [9.17, 15) is 18.0 Å². The van der Waals surface area contributed by atoms with E-state index in [2.05, 4.69) is 11.3 Å². The van der Waals surface area contributed by atoms with Gasteiger partial charge in [-0.25, -0.2) is 4.79 Å². The number of benzene rings is 2. The van der Waals surface area contributed by atoms with Crippen LogP contribution in [0.25, 0.3) is 22.1 Å².